The van der Waals surface area contributed by atoms with Crippen molar-refractivity contribution in [3.63, 3.8) is 0 Å². The average Bonchev–Trinajstić information content (AvgIpc) is 2.72. The van der Waals surface area contributed by atoms with Gasteiger partial charge in [-0.15, -0.1) is 0 Å². The van der Waals surface area contributed by atoms with Crippen molar-refractivity contribution in [2.45, 2.75) is 100 Å². The highest BCUT2D eigenvalue weighted by Crippen LogP contribution is 2.05. The summed E-state index contributed by atoms with van der Waals surface area (Å²) in [5.41, 5.74) is 0. The first-order valence-electron chi connectivity index (χ1n) is 11.3. The first-order valence-corrected chi connectivity index (χ1v) is 13.9. The van der Waals surface area contributed by atoms with Crippen molar-refractivity contribution in [1.29, 1.82) is 0 Å². The van der Waals surface area contributed by atoms with Crippen molar-refractivity contribution >= 4 is 64.0 Å². The number of carbonyl (C=O) groups is 7. The van der Waals surface area contributed by atoms with E-state index in [-0.39, 0.29) is 56.9 Å². The Morgan fingerprint density at radius 1 is 0.514 bits per heavy atom. The predicted octanol–water partition coefficient (Wildman–Crippen LogP) is 5.24. The molecule has 0 heterocycles. The summed E-state index contributed by atoms with van der Waals surface area (Å²) in [6.07, 6.45) is 4.50. The summed E-state index contributed by atoms with van der Waals surface area (Å²) in [5, 5.41) is 0.361. The second kappa shape index (κ2) is 27.0. The van der Waals surface area contributed by atoms with E-state index in [0.29, 0.717) is 6.42 Å². The summed E-state index contributed by atoms with van der Waals surface area (Å²) in [5.74, 6) is -0.245. The minimum absolute atomic E-state index is 0.0231. The highest BCUT2D eigenvalue weighted by atomic mass is 32.2. The maximum Gasteiger partial charge on any atom is 0.142 e. The van der Waals surface area contributed by atoms with Gasteiger partial charge < -0.3 is 4.79 Å². The van der Waals surface area contributed by atoms with Crippen LogP contribution in [0.25, 0.3) is 0 Å². The molecular formula is C26H48O7S2. The number of thioether (sulfide) groups is 2. The molecule has 0 spiro atoms. The van der Waals surface area contributed by atoms with Gasteiger partial charge in [-0.25, -0.2) is 0 Å². The molecule has 0 aromatic carbocycles. The van der Waals surface area contributed by atoms with Crippen LogP contribution in [0.4, 0.5) is 0 Å². The zero-order valence-corrected chi connectivity index (χ0v) is 25.8. The largest absolute Gasteiger partial charge is 0.300 e. The molecule has 0 saturated heterocycles. The van der Waals surface area contributed by atoms with Crippen LogP contribution in [-0.2, 0) is 33.6 Å². The third-order valence-corrected chi connectivity index (χ3v) is 6.54. The third-order valence-electron chi connectivity index (χ3n) is 4.46. The SMILES string of the molecule is CC(=O)C(C)C(C)=O.CC(C)=O.CCC(C(C)=O)C(C)=O.CSC(C)C(C)=O.CSC(C)C(C)=O. The van der Waals surface area contributed by atoms with Gasteiger partial charge in [0.05, 0.1) is 22.3 Å². The van der Waals surface area contributed by atoms with E-state index in [1.165, 1.54) is 41.5 Å². The van der Waals surface area contributed by atoms with Crippen LogP contribution in [0.5, 0.6) is 0 Å². The van der Waals surface area contributed by atoms with Crippen LogP contribution in [0.1, 0.15) is 89.5 Å². The lowest BCUT2D eigenvalue weighted by Gasteiger charge is -2.03. The summed E-state index contributed by atoms with van der Waals surface area (Å²) in [7, 11) is 0. The average molecular weight is 537 g/mol. The van der Waals surface area contributed by atoms with Crippen LogP contribution in [0.2, 0.25) is 0 Å². The quantitative estimate of drug-likeness (QED) is 0.364. The van der Waals surface area contributed by atoms with Gasteiger partial charge in [-0.3, -0.25) is 28.8 Å². The molecule has 0 N–H and O–H groups in total. The number of Topliss-reactive ketones (excluding diaryl/α,β-unsaturated/α-hetero) is 7. The monoisotopic (exact) mass is 536 g/mol. The number of carbonyl (C=O) groups excluding carboxylic acids is 7. The lowest BCUT2D eigenvalue weighted by molar-refractivity contribution is -0.131. The molecule has 0 fully saturated rings. The fraction of sp³-hybridized carbons (Fsp3) is 0.731. The van der Waals surface area contributed by atoms with Gasteiger partial charge in [-0.1, -0.05) is 6.92 Å². The molecule has 0 aromatic heterocycles. The fourth-order valence-electron chi connectivity index (χ4n) is 1.48. The van der Waals surface area contributed by atoms with E-state index < -0.39 is 5.92 Å². The van der Waals surface area contributed by atoms with E-state index in [2.05, 4.69) is 0 Å². The molecule has 35 heavy (non-hydrogen) atoms. The molecule has 0 aliphatic rings. The van der Waals surface area contributed by atoms with Crippen molar-refractivity contribution in [2.75, 3.05) is 12.5 Å². The Kier molecular flexibility index (Phi) is 33.5. The zero-order valence-electron chi connectivity index (χ0n) is 24.2. The van der Waals surface area contributed by atoms with Crippen LogP contribution in [0.15, 0.2) is 0 Å². The first-order chi connectivity index (χ1) is 15.7. The zero-order chi connectivity index (χ0) is 29.5. The Hall–Kier alpha value is -1.61. The molecule has 0 aromatic rings. The van der Waals surface area contributed by atoms with Gasteiger partial charge in [-0.2, -0.15) is 23.5 Å². The smallest absolute Gasteiger partial charge is 0.142 e. The summed E-state index contributed by atoms with van der Waals surface area (Å²) >= 11 is 3.17. The summed E-state index contributed by atoms with van der Waals surface area (Å²) in [4.78, 5) is 72.1. The van der Waals surface area contributed by atoms with Gasteiger partial charge in [-0.05, 0) is 95.1 Å². The van der Waals surface area contributed by atoms with Gasteiger partial charge >= 0.3 is 0 Å². The Bertz CT molecular complexity index is 621. The molecule has 2 atom stereocenters. The Labute approximate surface area is 221 Å². The van der Waals surface area contributed by atoms with E-state index in [0.717, 1.165) is 0 Å². The number of hydrogen-bond acceptors (Lipinski definition) is 9. The van der Waals surface area contributed by atoms with E-state index in [9.17, 15) is 33.6 Å². The predicted molar refractivity (Wildman–Crippen MR) is 149 cm³/mol. The van der Waals surface area contributed by atoms with Gasteiger partial charge in [0.15, 0.2) is 0 Å². The molecule has 0 aliphatic heterocycles. The van der Waals surface area contributed by atoms with E-state index in [4.69, 9.17) is 0 Å². The highest BCUT2D eigenvalue weighted by Gasteiger charge is 2.15. The first kappa shape index (κ1) is 43.5. The summed E-state index contributed by atoms with van der Waals surface area (Å²) < 4.78 is 0. The maximum absolute atomic E-state index is 10.6. The van der Waals surface area contributed by atoms with Crippen LogP contribution in [-0.4, -0.2) is 63.5 Å². The molecule has 0 amide bonds. The summed E-state index contributed by atoms with van der Waals surface area (Å²) in [6, 6.07) is 0. The fourth-order valence-corrected chi connectivity index (χ4v) is 2.14. The molecule has 0 radical (unpaired) electrons. The van der Waals surface area contributed by atoms with Crippen LogP contribution >= 0.6 is 23.5 Å². The molecule has 0 aliphatic carbocycles. The number of hydrogen-bond donors (Lipinski definition) is 0. The molecule has 2 unspecified atom stereocenters. The summed E-state index contributed by atoms with van der Waals surface area (Å²) in [6.45, 7) is 19.3. The molecule has 0 rings (SSSR count). The molecule has 0 saturated carbocycles. The van der Waals surface area contributed by atoms with Gasteiger partial charge in [0.25, 0.3) is 0 Å². The lowest BCUT2D eigenvalue weighted by Crippen LogP contribution is -2.17. The lowest BCUT2D eigenvalue weighted by atomic mass is 9.98. The van der Waals surface area contributed by atoms with E-state index in [1.54, 1.807) is 44.3 Å². The van der Waals surface area contributed by atoms with Crippen molar-refractivity contribution < 1.29 is 33.6 Å². The van der Waals surface area contributed by atoms with Crippen molar-refractivity contribution in [3.05, 3.63) is 0 Å². The molecule has 206 valence electrons. The maximum atomic E-state index is 10.6. The Morgan fingerprint density at radius 3 is 0.743 bits per heavy atom. The second-order valence-corrected chi connectivity index (χ2v) is 10.4. The van der Waals surface area contributed by atoms with Gasteiger partial charge in [0.1, 0.15) is 40.5 Å². The van der Waals surface area contributed by atoms with E-state index >= 15 is 0 Å². The van der Waals surface area contributed by atoms with Crippen molar-refractivity contribution in [2.24, 2.45) is 11.8 Å². The normalized spacial score (nSPS) is 10.9. The van der Waals surface area contributed by atoms with Crippen LogP contribution < -0.4 is 0 Å². The third kappa shape index (κ3) is 37.1. The highest BCUT2D eigenvalue weighted by molar-refractivity contribution is 8.00. The number of ketones is 7. The Morgan fingerprint density at radius 2 is 0.743 bits per heavy atom. The molecule has 0 bridgehead atoms. The van der Waals surface area contributed by atoms with E-state index in [1.807, 2.05) is 33.3 Å². The molecular weight excluding hydrogens is 488 g/mol. The molecule has 7 nitrogen and oxygen atoms in total. The number of rotatable bonds is 9. The van der Waals surface area contributed by atoms with Crippen LogP contribution in [0.3, 0.4) is 0 Å². The minimum Gasteiger partial charge on any atom is -0.300 e. The minimum atomic E-state index is -0.407. The second-order valence-electron chi connectivity index (χ2n) is 8.01. The molecule has 9 heteroatoms. The van der Waals surface area contributed by atoms with Crippen molar-refractivity contribution in [1.82, 2.24) is 0 Å². The van der Waals surface area contributed by atoms with Gasteiger partial charge in [0, 0.05) is 0 Å². The van der Waals surface area contributed by atoms with Crippen molar-refractivity contribution in [3.8, 4) is 0 Å². The van der Waals surface area contributed by atoms with Crippen LogP contribution in [0, 0.1) is 11.8 Å². The Balaban J connectivity index is -0.000000109. The topological polar surface area (TPSA) is 119 Å². The standard InChI is InChI=1S/C7H12O2.C6H10O2.2C5H10OS.C3H6O/c1-4-7(5(2)8)6(3)9;1-4(5(2)7)6(3)8;2*1-4(6)5(2)7-3;1-3(2)4/h7H,4H2,1-3H3;4H,1-3H3;2*5H,1-3H3;1-2H3. The van der Waals surface area contributed by atoms with Gasteiger partial charge in [0.2, 0.25) is 0 Å².